The van der Waals surface area contributed by atoms with Crippen LogP contribution in [0.5, 0.6) is 0 Å². The van der Waals surface area contributed by atoms with Gasteiger partial charge >= 0.3 is 0 Å². The van der Waals surface area contributed by atoms with Crippen LogP contribution in [0.3, 0.4) is 0 Å². The van der Waals surface area contributed by atoms with Crippen LogP contribution in [-0.2, 0) is 0 Å². The molecular weight excluding hydrogens is 196 g/mol. The predicted octanol–water partition coefficient (Wildman–Crippen LogP) is -1.32. The van der Waals surface area contributed by atoms with E-state index in [0.717, 1.165) is 0 Å². The molecule has 0 heterocycles. The molecule has 0 radical (unpaired) electrons. The van der Waals surface area contributed by atoms with Crippen LogP contribution >= 0.6 is 0 Å². The Morgan fingerprint density at radius 2 is 1.07 bits per heavy atom. The molecule has 0 rings (SSSR count). The van der Waals surface area contributed by atoms with Crippen molar-refractivity contribution in [3.8, 4) is 0 Å². The number of guanidine groups is 2. The van der Waals surface area contributed by atoms with Gasteiger partial charge in [-0.3, -0.25) is 0 Å². The second kappa shape index (κ2) is 6.35. The summed E-state index contributed by atoms with van der Waals surface area (Å²) in [5.74, 6) is -0.179. The molecule has 0 unspecified atom stereocenters. The molecule has 0 bridgehead atoms. The van der Waals surface area contributed by atoms with Gasteiger partial charge in [-0.25, -0.2) is 0 Å². The second-order valence-corrected chi connectivity index (χ2v) is 2.90. The van der Waals surface area contributed by atoms with Gasteiger partial charge < -0.3 is 22.9 Å². The molecule has 0 spiro atoms. The molecule has 8 heteroatoms. The van der Waals surface area contributed by atoms with Gasteiger partial charge in [0.05, 0.1) is 0 Å². The summed E-state index contributed by atoms with van der Waals surface area (Å²) in [7, 11) is 0. The van der Waals surface area contributed by atoms with Crippen molar-refractivity contribution < 1.29 is 0 Å². The Morgan fingerprint density at radius 3 is 1.33 bits per heavy atom. The van der Waals surface area contributed by atoms with Gasteiger partial charge in [0.15, 0.2) is 0 Å². The van der Waals surface area contributed by atoms with E-state index < -0.39 is 0 Å². The third-order valence-corrected chi connectivity index (χ3v) is 1.18. The highest BCUT2D eigenvalue weighted by atomic mass is 15.3. The van der Waals surface area contributed by atoms with E-state index in [1.165, 1.54) is 0 Å². The molecule has 0 saturated heterocycles. The van der Waals surface area contributed by atoms with Crippen LogP contribution in [0.25, 0.3) is 0 Å². The Labute approximate surface area is 87.8 Å². The lowest BCUT2D eigenvalue weighted by Gasteiger charge is -1.96. The van der Waals surface area contributed by atoms with Crippen LogP contribution in [0.2, 0.25) is 0 Å². The van der Waals surface area contributed by atoms with Crippen LogP contribution in [-0.4, -0.2) is 23.3 Å². The third-order valence-electron chi connectivity index (χ3n) is 1.18. The summed E-state index contributed by atoms with van der Waals surface area (Å²) in [5.41, 5.74) is 21.8. The lowest BCUT2D eigenvalue weighted by molar-refractivity contribution is 1.15. The minimum absolute atomic E-state index is 0.0897. The fourth-order valence-corrected chi connectivity index (χ4v) is 0.727. The summed E-state index contributed by atoms with van der Waals surface area (Å²) in [6, 6.07) is 0. The molecule has 15 heavy (non-hydrogen) atoms. The molecule has 0 aliphatic heterocycles. The van der Waals surface area contributed by atoms with Crippen molar-refractivity contribution in [3.63, 3.8) is 0 Å². The number of nitrogens with two attached hydrogens (primary N) is 4. The van der Waals surface area contributed by atoms with Crippen molar-refractivity contribution in [2.75, 3.05) is 0 Å². The van der Waals surface area contributed by atoms with Crippen LogP contribution in [0.4, 0.5) is 0 Å². The zero-order valence-corrected chi connectivity index (χ0v) is 8.81. The van der Waals surface area contributed by atoms with E-state index in [0.29, 0.717) is 17.8 Å². The Morgan fingerprint density at radius 1 is 0.733 bits per heavy atom. The average molecular weight is 212 g/mol. The van der Waals surface area contributed by atoms with E-state index in [1.807, 2.05) is 0 Å². The first kappa shape index (κ1) is 12.9. The zero-order chi connectivity index (χ0) is 11.8. The molecule has 8 N–H and O–H groups in total. The molecule has 0 aromatic heterocycles. The monoisotopic (exact) mass is 212 g/mol. The minimum Gasteiger partial charge on any atom is -0.369 e. The molecule has 8 nitrogen and oxygen atoms in total. The van der Waals surface area contributed by atoms with Crippen molar-refractivity contribution in [1.29, 1.82) is 0 Å². The maximum Gasteiger partial charge on any atom is 0.211 e. The number of hydrogen-bond acceptors (Lipinski definition) is 4. The summed E-state index contributed by atoms with van der Waals surface area (Å²) < 4.78 is 0. The minimum atomic E-state index is -0.0897. The van der Waals surface area contributed by atoms with Gasteiger partial charge in [0.1, 0.15) is 0 Å². The van der Waals surface area contributed by atoms with Gasteiger partial charge in [-0.1, -0.05) is 0 Å². The van der Waals surface area contributed by atoms with Gasteiger partial charge in [-0.15, -0.1) is 10.2 Å². The van der Waals surface area contributed by atoms with Gasteiger partial charge in [-0.05, 0) is 13.8 Å². The van der Waals surface area contributed by atoms with E-state index in [9.17, 15) is 0 Å². The lowest BCUT2D eigenvalue weighted by Crippen LogP contribution is -2.22. The molecular formula is C7H16N8. The Bertz CT molecular complexity index is 284. The van der Waals surface area contributed by atoms with Gasteiger partial charge in [0, 0.05) is 17.8 Å². The van der Waals surface area contributed by atoms with Gasteiger partial charge in [-0.2, -0.15) is 10.2 Å². The van der Waals surface area contributed by atoms with E-state index in [2.05, 4.69) is 20.4 Å². The topological polar surface area (TPSA) is 154 Å². The zero-order valence-electron chi connectivity index (χ0n) is 8.81. The highest BCUT2D eigenvalue weighted by molar-refractivity contribution is 6.02. The highest BCUT2D eigenvalue weighted by Crippen LogP contribution is 1.92. The average Bonchev–Trinajstić information content (AvgIpc) is 2.11. The number of nitrogens with zero attached hydrogens (tertiary/aromatic N) is 4. The molecule has 84 valence electrons. The first-order valence-electron chi connectivity index (χ1n) is 4.16. The summed E-state index contributed by atoms with van der Waals surface area (Å²) >= 11 is 0. The predicted molar refractivity (Wildman–Crippen MR) is 62.5 cm³/mol. The first-order valence-corrected chi connectivity index (χ1v) is 4.16. The van der Waals surface area contributed by atoms with Crippen molar-refractivity contribution >= 4 is 23.3 Å². The second-order valence-electron chi connectivity index (χ2n) is 2.90. The number of rotatable bonds is 4. The smallest absolute Gasteiger partial charge is 0.211 e. The standard InChI is InChI=1S/C7H16N8/c1-4(12-14-6(8)9)3-5(2)13-15-7(10)11/h3H2,1-2H3,(H4,8,9,14)(H4,10,11,15)/b12-4-,13-5?. The maximum absolute atomic E-state index is 5.11. The normalized spacial score (nSPS) is 12.1. The molecule has 0 aromatic carbocycles. The highest BCUT2D eigenvalue weighted by Gasteiger charge is 1.95. The quantitative estimate of drug-likeness (QED) is 0.259. The molecule has 0 saturated carbocycles. The summed E-state index contributed by atoms with van der Waals surface area (Å²) in [6.45, 7) is 3.53. The third kappa shape index (κ3) is 8.22. The van der Waals surface area contributed by atoms with E-state index >= 15 is 0 Å². The van der Waals surface area contributed by atoms with E-state index in [-0.39, 0.29) is 11.9 Å². The molecule has 0 atom stereocenters. The molecule has 0 fully saturated rings. The largest absolute Gasteiger partial charge is 0.369 e. The van der Waals surface area contributed by atoms with Crippen LogP contribution in [0, 0.1) is 0 Å². The number of hydrogen-bond donors (Lipinski definition) is 4. The maximum atomic E-state index is 5.11. The Hall–Kier alpha value is -2.12. The molecule has 0 amide bonds. The van der Waals surface area contributed by atoms with E-state index in [1.54, 1.807) is 13.8 Å². The Balaban J connectivity index is 4.36. The van der Waals surface area contributed by atoms with Gasteiger partial charge in [0.25, 0.3) is 0 Å². The molecule has 0 aromatic rings. The summed E-state index contributed by atoms with van der Waals surface area (Å²) in [5, 5.41) is 14.5. The lowest BCUT2D eigenvalue weighted by atomic mass is 10.2. The fraction of sp³-hybridized carbons (Fsp3) is 0.429. The van der Waals surface area contributed by atoms with Crippen LogP contribution in [0.1, 0.15) is 20.3 Å². The van der Waals surface area contributed by atoms with Crippen molar-refractivity contribution in [3.05, 3.63) is 0 Å². The van der Waals surface area contributed by atoms with Crippen molar-refractivity contribution in [2.45, 2.75) is 20.3 Å². The first-order chi connectivity index (χ1) is 6.91. The van der Waals surface area contributed by atoms with Crippen molar-refractivity contribution in [1.82, 2.24) is 0 Å². The SMILES string of the molecule is CC(C/C(C)=N\N=C(N)N)=NN=C(N)N. The fourth-order valence-electron chi connectivity index (χ4n) is 0.727. The summed E-state index contributed by atoms with van der Waals surface area (Å²) in [6.07, 6.45) is 0.494. The Kier molecular flexibility index (Phi) is 5.45. The van der Waals surface area contributed by atoms with E-state index in [4.69, 9.17) is 22.9 Å². The van der Waals surface area contributed by atoms with Gasteiger partial charge in [0.2, 0.25) is 11.9 Å². The van der Waals surface area contributed by atoms with Crippen LogP contribution < -0.4 is 22.9 Å². The summed E-state index contributed by atoms with van der Waals surface area (Å²) in [4.78, 5) is 0. The van der Waals surface area contributed by atoms with Crippen LogP contribution in [0.15, 0.2) is 20.4 Å². The van der Waals surface area contributed by atoms with Crippen molar-refractivity contribution in [2.24, 2.45) is 43.3 Å². The molecule has 0 aliphatic rings. The molecule has 0 aliphatic carbocycles.